The summed E-state index contributed by atoms with van der Waals surface area (Å²) in [6.07, 6.45) is 0. The van der Waals surface area contributed by atoms with E-state index in [1.165, 1.54) is 11.8 Å². The second-order valence-corrected chi connectivity index (χ2v) is 7.35. The molecule has 6 nitrogen and oxygen atoms in total. The van der Waals surface area contributed by atoms with E-state index in [1.807, 2.05) is 30.3 Å². The van der Waals surface area contributed by atoms with E-state index >= 15 is 0 Å². The van der Waals surface area contributed by atoms with Crippen LogP contribution in [0.3, 0.4) is 0 Å². The zero-order chi connectivity index (χ0) is 17.5. The van der Waals surface area contributed by atoms with Crippen LogP contribution in [0.2, 0.25) is 0 Å². The summed E-state index contributed by atoms with van der Waals surface area (Å²) < 4.78 is 4.92. The molecular formula is C16H22N2O4S. The van der Waals surface area contributed by atoms with Gasteiger partial charge in [-0.2, -0.15) is 0 Å². The maximum absolute atomic E-state index is 11.8. The van der Waals surface area contributed by atoms with Crippen molar-refractivity contribution in [3.05, 3.63) is 30.3 Å². The normalized spacial score (nSPS) is 12.2. The number of amides is 3. The van der Waals surface area contributed by atoms with Crippen LogP contribution in [-0.2, 0) is 14.3 Å². The highest BCUT2D eigenvalue weighted by Gasteiger charge is 2.19. The van der Waals surface area contributed by atoms with Crippen molar-refractivity contribution in [1.82, 2.24) is 10.6 Å². The highest BCUT2D eigenvalue weighted by atomic mass is 32.2. The Labute approximate surface area is 140 Å². The molecular weight excluding hydrogens is 316 g/mol. The average molecular weight is 338 g/mol. The number of hydrogen-bond donors (Lipinski definition) is 2. The maximum atomic E-state index is 11.8. The predicted octanol–water partition coefficient (Wildman–Crippen LogP) is 2.33. The number of thioether (sulfide) groups is 1. The average Bonchev–Trinajstić information content (AvgIpc) is 2.43. The van der Waals surface area contributed by atoms with E-state index in [2.05, 4.69) is 10.6 Å². The molecule has 0 saturated carbocycles. The SMILES string of the molecule is C[C@H](Sc1ccccc1)C(=O)OCC(=O)NC(=O)NC(C)(C)C. The Morgan fingerprint density at radius 3 is 2.35 bits per heavy atom. The van der Waals surface area contributed by atoms with Crippen molar-refractivity contribution in [2.75, 3.05) is 6.61 Å². The van der Waals surface area contributed by atoms with Gasteiger partial charge in [0.1, 0.15) is 5.25 Å². The molecule has 1 atom stereocenters. The lowest BCUT2D eigenvalue weighted by molar-refractivity contribution is -0.147. The van der Waals surface area contributed by atoms with Crippen molar-refractivity contribution in [3.8, 4) is 0 Å². The Kier molecular flexibility index (Phi) is 7.09. The van der Waals surface area contributed by atoms with Gasteiger partial charge in [0.05, 0.1) is 0 Å². The molecule has 23 heavy (non-hydrogen) atoms. The third-order valence-corrected chi connectivity index (χ3v) is 3.57. The molecule has 1 rings (SSSR count). The molecule has 0 saturated heterocycles. The van der Waals surface area contributed by atoms with Gasteiger partial charge in [-0.15, -0.1) is 11.8 Å². The van der Waals surface area contributed by atoms with Crippen molar-refractivity contribution in [2.24, 2.45) is 0 Å². The summed E-state index contributed by atoms with van der Waals surface area (Å²) in [6.45, 7) is 6.58. The van der Waals surface area contributed by atoms with E-state index in [9.17, 15) is 14.4 Å². The zero-order valence-corrected chi connectivity index (χ0v) is 14.5. The molecule has 1 aromatic carbocycles. The summed E-state index contributed by atoms with van der Waals surface area (Å²) in [5.41, 5.74) is -0.456. The van der Waals surface area contributed by atoms with Crippen LogP contribution in [-0.4, -0.2) is 35.3 Å². The smallest absolute Gasteiger partial charge is 0.321 e. The first-order valence-corrected chi connectivity index (χ1v) is 8.05. The number of benzene rings is 1. The molecule has 0 aliphatic heterocycles. The number of hydrogen-bond acceptors (Lipinski definition) is 5. The first kappa shape index (κ1) is 19.0. The third-order valence-electron chi connectivity index (χ3n) is 2.47. The van der Waals surface area contributed by atoms with Gasteiger partial charge in [-0.1, -0.05) is 18.2 Å². The van der Waals surface area contributed by atoms with E-state index < -0.39 is 35.3 Å². The predicted molar refractivity (Wildman–Crippen MR) is 89.1 cm³/mol. The van der Waals surface area contributed by atoms with Gasteiger partial charge >= 0.3 is 12.0 Å². The first-order chi connectivity index (χ1) is 10.7. The van der Waals surface area contributed by atoms with Crippen LogP contribution in [0.25, 0.3) is 0 Å². The van der Waals surface area contributed by atoms with Crippen molar-refractivity contribution in [1.29, 1.82) is 0 Å². The molecule has 126 valence electrons. The minimum atomic E-state index is -0.669. The number of carbonyl (C=O) groups excluding carboxylic acids is 3. The number of esters is 1. The summed E-state index contributed by atoms with van der Waals surface area (Å²) in [4.78, 5) is 35.8. The van der Waals surface area contributed by atoms with Gasteiger partial charge in [0.2, 0.25) is 0 Å². The van der Waals surface area contributed by atoms with Crippen molar-refractivity contribution < 1.29 is 19.1 Å². The van der Waals surface area contributed by atoms with Crippen molar-refractivity contribution in [2.45, 2.75) is 43.4 Å². The highest BCUT2D eigenvalue weighted by molar-refractivity contribution is 8.00. The summed E-state index contributed by atoms with van der Waals surface area (Å²) >= 11 is 1.34. The molecule has 3 amide bonds. The maximum Gasteiger partial charge on any atom is 0.321 e. The van der Waals surface area contributed by atoms with Crippen LogP contribution >= 0.6 is 11.8 Å². The van der Waals surface area contributed by atoms with Gasteiger partial charge in [0.15, 0.2) is 6.61 Å². The molecule has 0 bridgehead atoms. The minimum absolute atomic E-state index is 0.450. The molecule has 0 aliphatic carbocycles. The molecule has 0 spiro atoms. The van der Waals surface area contributed by atoms with E-state index in [4.69, 9.17) is 4.74 Å². The number of imide groups is 1. The second-order valence-electron chi connectivity index (χ2n) is 5.93. The van der Waals surface area contributed by atoms with Gasteiger partial charge in [-0.3, -0.25) is 14.9 Å². The van der Waals surface area contributed by atoms with E-state index in [0.717, 1.165) is 4.90 Å². The molecule has 0 aromatic heterocycles. The lowest BCUT2D eigenvalue weighted by atomic mass is 10.1. The molecule has 0 heterocycles. The van der Waals surface area contributed by atoms with Crippen LogP contribution in [0.5, 0.6) is 0 Å². The van der Waals surface area contributed by atoms with E-state index in [-0.39, 0.29) is 0 Å². The van der Waals surface area contributed by atoms with Crippen LogP contribution < -0.4 is 10.6 Å². The fourth-order valence-corrected chi connectivity index (χ4v) is 2.43. The lowest BCUT2D eigenvalue weighted by Gasteiger charge is -2.20. The molecule has 0 radical (unpaired) electrons. The highest BCUT2D eigenvalue weighted by Crippen LogP contribution is 2.23. The van der Waals surface area contributed by atoms with E-state index in [1.54, 1.807) is 27.7 Å². The fraction of sp³-hybridized carbons (Fsp3) is 0.438. The Bertz CT molecular complexity index is 555. The number of ether oxygens (including phenoxy) is 1. The standard InChI is InChI=1S/C16H22N2O4S/c1-11(23-12-8-6-5-7-9-12)14(20)22-10-13(19)17-15(21)18-16(2,3)4/h5-9,11H,10H2,1-4H3,(H2,17,18,19,21)/t11-/m0/s1. The first-order valence-electron chi connectivity index (χ1n) is 7.18. The Morgan fingerprint density at radius 1 is 1.17 bits per heavy atom. The molecule has 0 aliphatic rings. The second kappa shape index (κ2) is 8.57. The molecule has 0 unspecified atom stereocenters. The van der Waals surface area contributed by atoms with E-state index in [0.29, 0.717) is 0 Å². The van der Waals surface area contributed by atoms with Gasteiger partial charge in [-0.05, 0) is 39.8 Å². The summed E-state index contributed by atoms with van der Waals surface area (Å²) in [6, 6.07) is 8.80. The summed E-state index contributed by atoms with van der Waals surface area (Å²) in [5, 5.41) is 4.23. The van der Waals surface area contributed by atoms with Gasteiger partial charge < -0.3 is 10.1 Å². The number of rotatable bonds is 5. The Morgan fingerprint density at radius 2 is 1.78 bits per heavy atom. The summed E-state index contributed by atoms with van der Waals surface area (Å²) in [7, 11) is 0. The molecule has 7 heteroatoms. The number of carbonyl (C=O) groups is 3. The number of nitrogens with one attached hydrogen (secondary N) is 2. The quantitative estimate of drug-likeness (QED) is 0.636. The number of urea groups is 1. The van der Waals surface area contributed by atoms with Crippen molar-refractivity contribution in [3.63, 3.8) is 0 Å². The van der Waals surface area contributed by atoms with Crippen LogP contribution in [0, 0.1) is 0 Å². The monoisotopic (exact) mass is 338 g/mol. The molecule has 2 N–H and O–H groups in total. The lowest BCUT2D eigenvalue weighted by Crippen LogP contribution is -2.49. The van der Waals surface area contributed by atoms with Crippen LogP contribution in [0.15, 0.2) is 35.2 Å². The van der Waals surface area contributed by atoms with Crippen LogP contribution in [0.1, 0.15) is 27.7 Å². The third kappa shape index (κ3) is 8.25. The van der Waals surface area contributed by atoms with Gasteiger partial charge in [0, 0.05) is 10.4 Å². The summed E-state index contributed by atoms with van der Waals surface area (Å²) in [5.74, 6) is -1.18. The topological polar surface area (TPSA) is 84.5 Å². The van der Waals surface area contributed by atoms with Crippen LogP contribution in [0.4, 0.5) is 4.79 Å². The van der Waals surface area contributed by atoms with Gasteiger partial charge in [0.25, 0.3) is 5.91 Å². The Balaban J connectivity index is 2.34. The van der Waals surface area contributed by atoms with Gasteiger partial charge in [-0.25, -0.2) is 4.79 Å². The minimum Gasteiger partial charge on any atom is -0.455 e. The fourth-order valence-electron chi connectivity index (χ4n) is 1.54. The Hall–Kier alpha value is -2.02. The largest absolute Gasteiger partial charge is 0.455 e. The zero-order valence-electron chi connectivity index (χ0n) is 13.7. The molecule has 0 fully saturated rings. The van der Waals surface area contributed by atoms with Crippen molar-refractivity contribution >= 4 is 29.7 Å². The molecule has 1 aromatic rings.